The first kappa shape index (κ1) is 13.1. The average Bonchev–Trinajstić information content (AvgIpc) is 2.18. The van der Waals surface area contributed by atoms with Crippen LogP contribution >= 0.6 is 0 Å². The minimum absolute atomic E-state index is 0.729. The van der Waals surface area contributed by atoms with E-state index in [2.05, 4.69) is 23.9 Å². The zero-order valence-corrected chi connectivity index (χ0v) is 9.66. The van der Waals surface area contributed by atoms with Crippen LogP contribution in [0, 0.1) is 5.92 Å². The summed E-state index contributed by atoms with van der Waals surface area (Å²) in [6.07, 6.45) is 6.78. The zero-order chi connectivity index (χ0) is 10.8. The highest BCUT2D eigenvalue weighted by Gasteiger charge is 2.04. The molecular formula is C11H23N3. The van der Waals surface area contributed by atoms with Gasteiger partial charge in [-0.25, -0.2) is 0 Å². The van der Waals surface area contributed by atoms with Gasteiger partial charge in [0.25, 0.3) is 0 Å². The maximum absolute atomic E-state index is 5.10. The molecule has 0 saturated carbocycles. The quantitative estimate of drug-likeness (QED) is 0.381. The second-order valence-corrected chi connectivity index (χ2v) is 3.71. The molecule has 0 aromatic heterocycles. The van der Waals surface area contributed by atoms with E-state index in [1.807, 2.05) is 6.92 Å². The molecule has 0 amide bonds. The summed E-state index contributed by atoms with van der Waals surface area (Å²) < 4.78 is 0. The smallest absolute Gasteiger partial charge is 0.0747 e. The Hall–Kier alpha value is -0.860. The molecule has 0 saturated heterocycles. The van der Waals surface area contributed by atoms with Gasteiger partial charge in [0.1, 0.15) is 0 Å². The van der Waals surface area contributed by atoms with E-state index in [1.54, 1.807) is 6.21 Å². The molecule has 82 valence electrons. The fourth-order valence-corrected chi connectivity index (χ4v) is 1.51. The molecule has 3 nitrogen and oxygen atoms in total. The molecule has 0 aliphatic carbocycles. The van der Waals surface area contributed by atoms with E-state index in [9.17, 15) is 0 Å². The fourth-order valence-electron chi connectivity index (χ4n) is 1.51. The van der Waals surface area contributed by atoms with Gasteiger partial charge in [-0.05, 0) is 25.7 Å². The Balaban J connectivity index is 3.85. The third kappa shape index (κ3) is 6.63. The Morgan fingerprint density at radius 2 is 1.86 bits per heavy atom. The molecule has 0 aromatic rings. The summed E-state index contributed by atoms with van der Waals surface area (Å²) in [7, 11) is 0. The predicted octanol–water partition coefficient (Wildman–Crippen LogP) is 2.61. The maximum Gasteiger partial charge on any atom is 0.0747 e. The van der Waals surface area contributed by atoms with E-state index in [4.69, 9.17) is 5.84 Å². The SMILES string of the molecule is CCCC(CCC)CN=CC(C)=NN. The van der Waals surface area contributed by atoms with E-state index in [1.165, 1.54) is 25.7 Å². The molecule has 2 N–H and O–H groups in total. The minimum atomic E-state index is 0.729. The van der Waals surface area contributed by atoms with Gasteiger partial charge in [0, 0.05) is 12.8 Å². The maximum atomic E-state index is 5.10. The first-order chi connectivity index (χ1) is 6.74. The fraction of sp³-hybridized carbons (Fsp3) is 0.818. The lowest BCUT2D eigenvalue weighted by molar-refractivity contribution is 0.452. The number of hydrazone groups is 1. The summed E-state index contributed by atoms with van der Waals surface area (Å²) in [6, 6.07) is 0. The number of hydrogen-bond donors (Lipinski definition) is 1. The van der Waals surface area contributed by atoms with Gasteiger partial charge < -0.3 is 5.84 Å². The van der Waals surface area contributed by atoms with Crippen molar-refractivity contribution < 1.29 is 0 Å². The van der Waals surface area contributed by atoms with E-state index in [0.717, 1.165) is 18.2 Å². The van der Waals surface area contributed by atoms with Crippen LogP contribution in [0.25, 0.3) is 0 Å². The molecule has 0 fully saturated rings. The minimum Gasteiger partial charge on any atom is -0.323 e. The third-order valence-electron chi connectivity index (χ3n) is 2.24. The van der Waals surface area contributed by atoms with Gasteiger partial charge >= 0.3 is 0 Å². The van der Waals surface area contributed by atoms with Crippen molar-refractivity contribution in [3.05, 3.63) is 0 Å². The van der Waals surface area contributed by atoms with Gasteiger partial charge in [-0.15, -0.1) is 0 Å². The van der Waals surface area contributed by atoms with Gasteiger partial charge in [-0.3, -0.25) is 4.99 Å². The highest BCUT2D eigenvalue weighted by molar-refractivity contribution is 6.29. The van der Waals surface area contributed by atoms with Crippen LogP contribution in [0.2, 0.25) is 0 Å². The highest BCUT2D eigenvalue weighted by atomic mass is 15.1. The van der Waals surface area contributed by atoms with Crippen molar-refractivity contribution in [2.75, 3.05) is 6.54 Å². The molecule has 0 unspecified atom stereocenters. The average molecular weight is 197 g/mol. The summed E-state index contributed by atoms with van der Waals surface area (Å²) in [5.74, 6) is 5.83. The van der Waals surface area contributed by atoms with Crippen molar-refractivity contribution in [3.63, 3.8) is 0 Å². The van der Waals surface area contributed by atoms with Crippen LogP contribution in [0.4, 0.5) is 0 Å². The summed E-state index contributed by atoms with van der Waals surface area (Å²) in [5, 5.41) is 3.54. The molecule has 14 heavy (non-hydrogen) atoms. The first-order valence-corrected chi connectivity index (χ1v) is 5.48. The van der Waals surface area contributed by atoms with Crippen molar-refractivity contribution in [2.24, 2.45) is 21.9 Å². The summed E-state index contributed by atoms with van der Waals surface area (Å²) in [6.45, 7) is 7.21. The second-order valence-electron chi connectivity index (χ2n) is 3.71. The lowest BCUT2D eigenvalue weighted by Crippen LogP contribution is -2.06. The van der Waals surface area contributed by atoms with Crippen molar-refractivity contribution in [3.8, 4) is 0 Å². The van der Waals surface area contributed by atoms with Gasteiger partial charge in [0.15, 0.2) is 0 Å². The van der Waals surface area contributed by atoms with Crippen LogP contribution in [-0.2, 0) is 0 Å². The zero-order valence-electron chi connectivity index (χ0n) is 9.66. The van der Waals surface area contributed by atoms with Gasteiger partial charge in [-0.2, -0.15) is 5.10 Å². The van der Waals surface area contributed by atoms with Gasteiger partial charge in [0.2, 0.25) is 0 Å². The van der Waals surface area contributed by atoms with Crippen molar-refractivity contribution in [2.45, 2.75) is 46.5 Å². The molecule has 0 atom stereocenters. The Kier molecular flexibility index (Phi) is 8.19. The number of aliphatic imine (C=N–C) groups is 1. The monoisotopic (exact) mass is 197 g/mol. The van der Waals surface area contributed by atoms with Crippen LogP contribution in [0.1, 0.15) is 46.5 Å². The Morgan fingerprint density at radius 3 is 2.29 bits per heavy atom. The van der Waals surface area contributed by atoms with Crippen molar-refractivity contribution in [1.82, 2.24) is 0 Å². The Labute approximate surface area is 87.5 Å². The second kappa shape index (κ2) is 8.73. The standard InChI is InChI=1S/C11H23N3/c1-4-6-11(7-5-2)9-13-8-10(3)14-12/h8,11H,4-7,9,12H2,1-3H3. The number of rotatable bonds is 7. The molecular weight excluding hydrogens is 174 g/mol. The van der Waals surface area contributed by atoms with E-state index in [0.29, 0.717) is 0 Å². The molecule has 0 aliphatic heterocycles. The lowest BCUT2D eigenvalue weighted by atomic mass is 9.99. The molecule has 0 radical (unpaired) electrons. The van der Waals surface area contributed by atoms with Crippen LogP contribution in [0.5, 0.6) is 0 Å². The van der Waals surface area contributed by atoms with Crippen LogP contribution in [0.3, 0.4) is 0 Å². The van der Waals surface area contributed by atoms with E-state index in [-0.39, 0.29) is 0 Å². The summed E-state index contributed by atoms with van der Waals surface area (Å²) in [4.78, 5) is 4.34. The Morgan fingerprint density at radius 1 is 1.29 bits per heavy atom. The molecule has 0 spiro atoms. The largest absolute Gasteiger partial charge is 0.323 e. The first-order valence-electron chi connectivity index (χ1n) is 5.48. The van der Waals surface area contributed by atoms with Crippen LogP contribution in [-0.4, -0.2) is 18.5 Å². The van der Waals surface area contributed by atoms with Crippen molar-refractivity contribution in [1.29, 1.82) is 0 Å². The van der Waals surface area contributed by atoms with Crippen LogP contribution < -0.4 is 5.84 Å². The molecule has 0 heterocycles. The third-order valence-corrected chi connectivity index (χ3v) is 2.24. The van der Waals surface area contributed by atoms with Crippen molar-refractivity contribution >= 4 is 11.9 Å². The summed E-state index contributed by atoms with van der Waals surface area (Å²) in [5.41, 5.74) is 0.789. The highest BCUT2D eigenvalue weighted by Crippen LogP contribution is 2.13. The topological polar surface area (TPSA) is 50.7 Å². The van der Waals surface area contributed by atoms with Crippen LogP contribution in [0.15, 0.2) is 10.1 Å². The molecule has 0 bridgehead atoms. The normalized spacial score (nSPS) is 13.0. The molecule has 0 rings (SSSR count). The molecule has 0 aliphatic rings. The lowest BCUT2D eigenvalue weighted by Gasteiger charge is -2.11. The van der Waals surface area contributed by atoms with E-state index >= 15 is 0 Å². The molecule has 3 heteroatoms. The summed E-state index contributed by atoms with van der Waals surface area (Å²) >= 11 is 0. The molecule has 0 aromatic carbocycles. The Bertz CT molecular complexity index is 179. The van der Waals surface area contributed by atoms with Gasteiger partial charge in [0.05, 0.1) is 5.71 Å². The van der Waals surface area contributed by atoms with Gasteiger partial charge in [-0.1, -0.05) is 26.7 Å². The predicted molar refractivity (Wildman–Crippen MR) is 64.0 cm³/mol. The number of nitrogens with two attached hydrogens (primary N) is 1. The number of hydrogen-bond acceptors (Lipinski definition) is 3. The number of nitrogens with zero attached hydrogens (tertiary/aromatic N) is 2. The van der Waals surface area contributed by atoms with E-state index < -0.39 is 0 Å².